The zero-order valence-corrected chi connectivity index (χ0v) is 14.1. The summed E-state index contributed by atoms with van der Waals surface area (Å²) in [6, 6.07) is 5.46. The second-order valence-corrected chi connectivity index (χ2v) is 7.54. The molecule has 0 radical (unpaired) electrons. The summed E-state index contributed by atoms with van der Waals surface area (Å²) < 4.78 is 29.6. The van der Waals surface area contributed by atoms with Crippen LogP contribution in [0.2, 0.25) is 0 Å². The fraction of sp³-hybridized carbons (Fsp3) is 0.267. The van der Waals surface area contributed by atoms with E-state index in [4.69, 9.17) is 4.74 Å². The van der Waals surface area contributed by atoms with Crippen molar-refractivity contribution in [1.82, 2.24) is 19.5 Å². The lowest BCUT2D eigenvalue weighted by Crippen LogP contribution is -2.15. The first-order valence-corrected chi connectivity index (χ1v) is 9.28. The molecule has 0 bridgehead atoms. The van der Waals surface area contributed by atoms with Crippen LogP contribution in [-0.4, -0.2) is 53.6 Å². The Morgan fingerprint density at radius 1 is 1.29 bits per heavy atom. The molecule has 0 aliphatic carbocycles. The number of ether oxygens (including phenoxy) is 1. The molecule has 2 aromatic heterocycles. The molecular formula is C15H17N5O3S. The van der Waals surface area contributed by atoms with E-state index in [9.17, 15) is 8.42 Å². The van der Waals surface area contributed by atoms with Gasteiger partial charge in [0, 0.05) is 30.6 Å². The second kappa shape index (κ2) is 6.44. The maximum Gasteiger partial charge on any atom is 0.237 e. The van der Waals surface area contributed by atoms with Crippen molar-refractivity contribution in [2.24, 2.45) is 0 Å². The molecule has 8 nitrogen and oxygen atoms in total. The van der Waals surface area contributed by atoms with Gasteiger partial charge in [-0.05, 0) is 18.2 Å². The molecule has 0 spiro atoms. The number of hydrogen-bond acceptors (Lipinski definition) is 7. The Balaban J connectivity index is 2.04. The summed E-state index contributed by atoms with van der Waals surface area (Å²) in [7, 11) is -1.48. The van der Waals surface area contributed by atoms with Crippen LogP contribution in [0.15, 0.2) is 36.9 Å². The Morgan fingerprint density at radius 3 is 2.79 bits per heavy atom. The van der Waals surface area contributed by atoms with Crippen LogP contribution < -0.4 is 10.1 Å². The molecule has 3 aromatic rings. The van der Waals surface area contributed by atoms with Crippen LogP contribution in [-0.2, 0) is 9.84 Å². The number of rotatable bonds is 6. The standard InChI is InChI=1S/C15H17N5O3S/c1-23-11-3-4-13-12(9-11)14(17-6-8-24(2,21)22)19-15(18-13)20-7-5-16-10-20/h3-5,7,9-10H,6,8H2,1-2H3,(H,17,18,19). The van der Waals surface area contributed by atoms with Gasteiger partial charge in [-0.3, -0.25) is 4.57 Å². The Morgan fingerprint density at radius 2 is 2.12 bits per heavy atom. The van der Waals surface area contributed by atoms with E-state index in [1.54, 1.807) is 30.4 Å². The molecule has 0 aliphatic rings. The number of aromatic nitrogens is 4. The minimum Gasteiger partial charge on any atom is -0.497 e. The molecule has 0 unspecified atom stereocenters. The van der Waals surface area contributed by atoms with Gasteiger partial charge in [0.1, 0.15) is 27.7 Å². The van der Waals surface area contributed by atoms with Gasteiger partial charge < -0.3 is 10.1 Å². The fourth-order valence-corrected chi connectivity index (χ4v) is 2.68. The lowest BCUT2D eigenvalue weighted by atomic mass is 10.2. The topological polar surface area (TPSA) is 99.0 Å². The number of fused-ring (bicyclic) bond motifs is 1. The molecule has 0 fully saturated rings. The molecule has 2 heterocycles. The quantitative estimate of drug-likeness (QED) is 0.717. The molecule has 24 heavy (non-hydrogen) atoms. The van der Waals surface area contributed by atoms with Crippen molar-refractivity contribution in [3.05, 3.63) is 36.9 Å². The minimum absolute atomic E-state index is 0.0167. The van der Waals surface area contributed by atoms with E-state index in [-0.39, 0.29) is 12.3 Å². The number of nitrogens with zero attached hydrogens (tertiary/aromatic N) is 4. The molecule has 0 saturated heterocycles. The second-order valence-electron chi connectivity index (χ2n) is 5.28. The van der Waals surface area contributed by atoms with Crippen molar-refractivity contribution in [1.29, 1.82) is 0 Å². The van der Waals surface area contributed by atoms with Gasteiger partial charge in [-0.25, -0.2) is 18.4 Å². The lowest BCUT2D eigenvalue weighted by Gasteiger charge is -2.11. The number of sulfone groups is 1. The predicted octanol–water partition coefficient (Wildman–Crippen LogP) is 1.28. The molecule has 0 atom stereocenters. The minimum atomic E-state index is -3.06. The van der Waals surface area contributed by atoms with E-state index >= 15 is 0 Å². The normalized spacial score (nSPS) is 11.6. The molecule has 1 N–H and O–H groups in total. The van der Waals surface area contributed by atoms with Crippen molar-refractivity contribution in [3.63, 3.8) is 0 Å². The smallest absolute Gasteiger partial charge is 0.237 e. The van der Waals surface area contributed by atoms with Gasteiger partial charge in [0.2, 0.25) is 5.95 Å². The summed E-state index contributed by atoms with van der Waals surface area (Å²) in [6.07, 6.45) is 6.18. The summed E-state index contributed by atoms with van der Waals surface area (Å²) in [4.78, 5) is 13.0. The molecular weight excluding hydrogens is 330 g/mol. The largest absolute Gasteiger partial charge is 0.497 e. The van der Waals surface area contributed by atoms with E-state index in [2.05, 4.69) is 20.3 Å². The van der Waals surface area contributed by atoms with Crippen molar-refractivity contribution < 1.29 is 13.2 Å². The Labute approximate surface area is 139 Å². The molecule has 3 rings (SSSR count). The van der Waals surface area contributed by atoms with Crippen LogP contribution in [0.3, 0.4) is 0 Å². The maximum atomic E-state index is 11.3. The van der Waals surface area contributed by atoms with Gasteiger partial charge >= 0.3 is 0 Å². The lowest BCUT2D eigenvalue weighted by molar-refractivity contribution is 0.415. The third-order valence-electron chi connectivity index (χ3n) is 3.39. The van der Waals surface area contributed by atoms with E-state index < -0.39 is 9.84 Å². The highest BCUT2D eigenvalue weighted by atomic mass is 32.2. The average Bonchev–Trinajstić information content (AvgIpc) is 3.07. The monoisotopic (exact) mass is 347 g/mol. The summed E-state index contributed by atoms with van der Waals surface area (Å²) in [6.45, 7) is 0.255. The highest BCUT2D eigenvalue weighted by molar-refractivity contribution is 7.90. The number of imidazole rings is 1. The third kappa shape index (κ3) is 3.62. The van der Waals surface area contributed by atoms with Gasteiger partial charge in [-0.15, -0.1) is 0 Å². The van der Waals surface area contributed by atoms with Gasteiger partial charge in [0.15, 0.2) is 0 Å². The van der Waals surface area contributed by atoms with Crippen LogP contribution in [0.1, 0.15) is 0 Å². The number of methoxy groups -OCH3 is 1. The average molecular weight is 347 g/mol. The van der Waals surface area contributed by atoms with Gasteiger partial charge in [0.25, 0.3) is 0 Å². The SMILES string of the molecule is COc1ccc2nc(-n3ccnc3)nc(NCCS(C)(=O)=O)c2c1. The van der Waals surface area contributed by atoms with E-state index in [0.717, 1.165) is 10.9 Å². The summed E-state index contributed by atoms with van der Waals surface area (Å²) in [5.74, 6) is 1.69. The molecule has 9 heteroatoms. The maximum absolute atomic E-state index is 11.3. The van der Waals surface area contributed by atoms with Crippen LogP contribution in [0.4, 0.5) is 5.82 Å². The number of benzene rings is 1. The third-order valence-corrected chi connectivity index (χ3v) is 4.34. The zero-order valence-electron chi connectivity index (χ0n) is 13.3. The molecule has 0 aliphatic heterocycles. The Kier molecular flexibility index (Phi) is 4.34. The van der Waals surface area contributed by atoms with E-state index in [1.807, 2.05) is 18.2 Å². The highest BCUT2D eigenvalue weighted by Gasteiger charge is 2.11. The van der Waals surface area contributed by atoms with Gasteiger partial charge in [-0.1, -0.05) is 0 Å². The molecule has 0 saturated carbocycles. The van der Waals surface area contributed by atoms with E-state index in [0.29, 0.717) is 17.5 Å². The van der Waals surface area contributed by atoms with E-state index in [1.165, 1.54) is 6.26 Å². The fourth-order valence-electron chi connectivity index (χ4n) is 2.20. The molecule has 126 valence electrons. The predicted molar refractivity (Wildman–Crippen MR) is 91.4 cm³/mol. The van der Waals surface area contributed by atoms with Gasteiger partial charge in [0.05, 0.1) is 18.4 Å². The van der Waals surface area contributed by atoms with Gasteiger partial charge in [-0.2, -0.15) is 4.98 Å². The van der Waals surface area contributed by atoms with Crippen LogP contribution in [0.5, 0.6) is 5.75 Å². The Hall–Kier alpha value is -2.68. The first-order valence-electron chi connectivity index (χ1n) is 7.22. The van der Waals surface area contributed by atoms with Crippen LogP contribution in [0, 0.1) is 0 Å². The zero-order chi connectivity index (χ0) is 17.2. The first-order chi connectivity index (χ1) is 11.5. The van der Waals surface area contributed by atoms with Crippen LogP contribution >= 0.6 is 0 Å². The number of nitrogens with one attached hydrogen (secondary N) is 1. The van der Waals surface area contributed by atoms with Crippen molar-refractivity contribution >= 4 is 26.6 Å². The molecule has 1 aromatic carbocycles. The highest BCUT2D eigenvalue weighted by Crippen LogP contribution is 2.26. The van der Waals surface area contributed by atoms with Crippen molar-refractivity contribution in [2.45, 2.75) is 0 Å². The Bertz CT molecular complexity index is 955. The van der Waals surface area contributed by atoms with Crippen molar-refractivity contribution in [3.8, 4) is 11.7 Å². The number of hydrogen-bond donors (Lipinski definition) is 1. The summed E-state index contributed by atoms with van der Waals surface area (Å²) in [5, 5.41) is 3.83. The summed E-state index contributed by atoms with van der Waals surface area (Å²) in [5.41, 5.74) is 0.719. The number of anilines is 1. The molecule has 0 amide bonds. The van der Waals surface area contributed by atoms with Crippen molar-refractivity contribution in [2.75, 3.05) is 31.0 Å². The van der Waals surface area contributed by atoms with Crippen LogP contribution in [0.25, 0.3) is 16.9 Å². The summed E-state index contributed by atoms with van der Waals surface area (Å²) >= 11 is 0. The first kappa shape index (κ1) is 16.2.